The van der Waals surface area contributed by atoms with Crippen molar-refractivity contribution >= 4 is 23.1 Å². The fourth-order valence-electron chi connectivity index (χ4n) is 2.26. The molecule has 0 aromatic heterocycles. The van der Waals surface area contributed by atoms with Crippen LogP contribution in [0, 0.1) is 0 Å². The molecule has 1 heterocycles. The van der Waals surface area contributed by atoms with Crippen LogP contribution >= 0.6 is 11.6 Å². The monoisotopic (exact) mass is 283 g/mol. The average Bonchev–Trinajstić information content (AvgIpc) is 2.36. The third-order valence-corrected chi connectivity index (χ3v) is 3.34. The van der Waals surface area contributed by atoms with E-state index >= 15 is 0 Å². The molecule has 1 aliphatic rings. The number of nitrogens with zero attached hydrogens (tertiary/aromatic N) is 2. The lowest BCUT2D eigenvalue weighted by Crippen LogP contribution is -2.48. The Morgan fingerprint density at radius 1 is 1.53 bits per heavy atom. The Bertz CT molecular complexity index is 503. The summed E-state index contributed by atoms with van der Waals surface area (Å²) in [6.45, 7) is 6.17. The van der Waals surface area contributed by atoms with Crippen LogP contribution in [0.25, 0.3) is 0 Å². The summed E-state index contributed by atoms with van der Waals surface area (Å²) in [6.07, 6.45) is 0. The molecule has 0 aliphatic carbocycles. The number of ether oxygens (including phenoxy) is 1. The minimum absolute atomic E-state index is 0.0796. The molecule has 1 aromatic carbocycles. The van der Waals surface area contributed by atoms with Crippen LogP contribution in [0.2, 0.25) is 5.02 Å². The fourth-order valence-corrected chi connectivity index (χ4v) is 2.43. The quantitative estimate of drug-likeness (QED) is 0.377. The van der Waals surface area contributed by atoms with E-state index in [4.69, 9.17) is 27.3 Å². The molecule has 0 unspecified atom stereocenters. The van der Waals surface area contributed by atoms with E-state index in [0.29, 0.717) is 17.2 Å². The van der Waals surface area contributed by atoms with Gasteiger partial charge in [0.15, 0.2) is 5.84 Å². The van der Waals surface area contributed by atoms with Crippen molar-refractivity contribution in [1.82, 2.24) is 0 Å². The van der Waals surface area contributed by atoms with Crippen molar-refractivity contribution in [3.05, 3.63) is 28.8 Å². The van der Waals surface area contributed by atoms with Gasteiger partial charge in [-0.25, -0.2) is 0 Å². The van der Waals surface area contributed by atoms with Gasteiger partial charge in [-0.15, -0.1) is 0 Å². The van der Waals surface area contributed by atoms with Crippen LogP contribution in [-0.4, -0.2) is 36.3 Å². The van der Waals surface area contributed by atoms with Crippen molar-refractivity contribution < 1.29 is 9.94 Å². The number of rotatable bonds is 2. The normalized spacial score (nSPS) is 19.5. The van der Waals surface area contributed by atoms with Crippen molar-refractivity contribution in [1.29, 1.82) is 0 Å². The van der Waals surface area contributed by atoms with E-state index in [-0.39, 0.29) is 11.4 Å². The summed E-state index contributed by atoms with van der Waals surface area (Å²) in [5.74, 6) is 0.0796. The lowest BCUT2D eigenvalue weighted by atomic mass is 10.0. The van der Waals surface area contributed by atoms with Crippen LogP contribution < -0.4 is 10.6 Å². The van der Waals surface area contributed by atoms with Gasteiger partial charge in [0.25, 0.3) is 0 Å². The molecule has 0 amide bonds. The number of morpholine rings is 1. The predicted octanol–water partition coefficient (Wildman–Crippen LogP) is 2.05. The summed E-state index contributed by atoms with van der Waals surface area (Å²) < 4.78 is 5.69. The van der Waals surface area contributed by atoms with E-state index in [2.05, 4.69) is 10.1 Å². The van der Waals surface area contributed by atoms with Gasteiger partial charge < -0.3 is 20.6 Å². The molecule has 0 spiro atoms. The average molecular weight is 284 g/mol. The maximum atomic E-state index is 8.87. The van der Waals surface area contributed by atoms with E-state index in [1.165, 1.54) is 0 Å². The van der Waals surface area contributed by atoms with Gasteiger partial charge in [0.05, 0.1) is 12.2 Å². The van der Waals surface area contributed by atoms with Crippen LogP contribution in [0.5, 0.6) is 0 Å². The molecule has 5 nitrogen and oxygen atoms in total. The number of hydrogen-bond donors (Lipinski definition) is 2. The van der Waals surface area contributed by atoms with Crippen LogP contribution in [0.15, 0.2) is 23.4 Å². The molecule has 19 heavy (non-hydrogen) atoms. The second-order valence-electron chi connectivity index (χ2n) is 5.18. The lowest BCUT2D eigenvalue weighted by molar-refractivity contribution is -0.0277. The van der Waals surface area contributed by atoms with Crippen molar-refractivity contribution in [3.63, 3.8) is 0 Å². The zero-order valence-corrected chi connectivity index (χ0v) is 11.8. The van der Waals surface area contributed by atoms with E-state index in [9.17, 15) is 0 Å². The summed E-state index contributed by atoms with van der Waals surface area (Å²) in [5, 5.41) is 12.6. The number of oxime groups is 1. The molecule has 1 saturated heterocycles. The minimum Gasteiger partial charge on any atom is -0.409 e. The Hall–Kier alpha value is -1.46. The Morgan fingerprint density at radius 3 is 2.89 bits per heavy atom. The summed E-state index contributed by atoms with van der Waals surface area (Å²) in [6, 6.07) is 5.32. The largest absolute Gasteiger partial charge is 0.409 e. The van der Waals surface area contributed by atoms with Gasteiger partial charge in [0.2, 0.25) is 0 Å². The molecule has 1 aromatic rings. The maximum Gasteiger partial charge on any atom is 0.172 e. The molecule has 1 aliphatic heterocycles. The van der Waals surface area contributed by atoms with Crippen LogP contribution in [0.4, 0.5) is 5.69 Å². The van der Waals surface area contributed by atoms with Crippen molar-refractivity contribution in [3.8, 4) is 0 Å². The SMILES string of the molecule is CC1(C)CN(c2cc(Cl)ccc2C(N)=NO)CCO1. The van der Waals surface area contributed by atoms with Crippen molar-refractivity contribution in [2.75, 3.05) is 24.6 Å². The Kier molecular flexibility index (Phi) is 3.87. The topological polar surface area (TPSA) is 71.1 Å². The lowest BCUT2D eigenvalue weighted by Gasteiger charge is -2.40. The first-order valence-electron chi connectivity index (χ1n) is 6.09. The van der Waals surface area contributed by atoms with E-state index in [1.54, 1.807) is 12.1 Å². The summed E-state index contributed by atoms with van der Waals surface area (Å²) in [7, 11) is 0. The van der Waals surface area contributed by atoms with Gasteiger partial charge >= 0.3 is 0 Å². The highest BCUT2D eigenvalue weighted by Crippen LogP contribution is 2.28. The van der Waals surface area contributed by atoms with Crippen molar-refractivity contribution in [2.24, 2.45) is 10.9 Å². The fraction of sp³-hybridized carbons (Fsp3) is 0.462. The molecular formula is C13H18ClN3O2. The highest BCUT2D eigenvalue weighted by Gasteiger charge is 2.28. The molecule has 6 heteroatoms. The van der Waals surface area contributed by atoms with Gasteiger partial charge in [-0.05, 0) is 32.0 Å². The van der Waals surface area contributed by atoms with Gasteiger partial charge in [-0.3, -0.25) is 0 Å². The third-order valence-electron chi connectivity index (χ3n) is 3.11. The highest BCUT2D eigenvalue weighted by atomic mass is 35.5. The molecule has 0 atom stereocenters. The van der Waals surface area contributed by atoms with Crippen molar-refractivity contribution in [2.45, 2.75) is 19.4 Å². The first kappa shape index (κ1) is 14.0. The maximum absolute atomic E-state index is 8.87. The zero-order chi connectivity index (χ0) is 14.0. The zero-order valence-electron chi connectivity index (χ0n) is 11.1. The summed E-state index contributed by atoms with van der Waals surface area (Å²) in [5.41, 5.74) is 7.02. The first-order chi connectivity index (χ1) is 8.93. The van der Waals surface area contributed by atoms with Gasteiger partial charge in [-0.2, -0.15) is 0 Å². The second-order valence-corrected chi connectivity index (χ2v) is 5.61. The van der Waals surface area contributed by atoms with E-state index < -0.39 is 0 Å². The van der Waals surface area contributed by atoms with E-state index in [1.807, 2.05) is 19.9 Å². The summed E-state index contributed by atoms with van der Waals surface area (Å²) in [4.78, 5) is 2.14. The Morgan fingerprint density at radius 2 is 2.26 bits per heavy atom. The third kappa shape index (κ3) is 3.11. The number of anilines is 1. The summed E-state index contributed by atoms with van der Waals surface area (Å²) >= 11 is 6.05. The number of amidine groups is 1. The first-order valence-corrected chi connectivity index (χ1v) is 6.47. The molecule has 104 valence electrons. The Balaban J connectivity index is 2.40. The standard InChI is InChI=1S/C13H18ClN3O2/c1-13(2)8-17(5-6-19-13)11-7-9(14)3-4-10(11)12(15)16-18/h3-4,7,18H,5-6,8H2,1-2H3,(H2,15,16). The van der Waals surface area contributed by atoms with Gasteiger partial charge in [-0.1, -0.05) is 16.8 Å². The smallest absolute Gasteiger partial charge is 0.172 e. The van der Waals surface area contributed by atoms with Gasteiger partial charge in [0, 0.05) is 29.4 Å². The second kappa shape index (κ2) is 5.27. The molecule has 3 N–H and O–H groups in total. The van der Waals surface area contributed by atoms with Gasteiger partial charge in [0.1, 0.15) is 0 Å². The molecule has 0 saturated carbocycles. The minimum atomic E-state index is -0.233. The van der Waals surface area contributed by atoms with Crippen LogP contribution in [-0.2, 0) is 4.74 Å². The molecule has 0 radical (unpaired) electrons. The molecule has 2 rings (SSSR count). The highest BCUT2D eigenvalue weighted by molar-refractivity contribution is 6.31. The number of nitrogens with two attached hydrogens (primary N) is 1. The molecule has 1 fully saturated rings. The number of benzene rings is 1. The predicted molar refractivity (Wildman–Crippen MR) is 76.2 cm³/mol. The van der Waals surface area contributed by atoms with E-state index in [0.717, 1.165) is 18.8 Å². The molecule has 0 bridgehead atoms. The Labute approximate surface area is 117 Å². The van der Waals surface area contributed by atoms with Crippen LogP contribution in [0.1, 0.15) is 19.4 Å². The number of hydrogen-bond acceptors (Lipinski definition) is 4. The molecular weight excluding hydrogens is 266 g/mol. The number of halogens is 1. The van der Waals surface area contributed by atoms with Crippen LogP contribution in [0.3, 0.4) is 0 Å².